The van der Waals surface area contributed by atoms with Crippen molar-refractivity contribution in [3.8, 4) is 28.4 Å². The van der Waals surface area contributed by atoms with Crippen LogP contribution >= 0.6 is 58.1 Å². The van der Waals surface area contributed by atoms with Crippen molar-refractivity contribution in [2.45, 2.75) is 151 Å². The number of para-hydroxylation sites is 1. The number of nitrogens with zero attached hydrogens (tertiary/aromatic N) is 7. The summed E-state index contributed by atoms with van der Waals surface area (Å²) in [6.07, 6.45) is 1.87. The Bertz CT molecular complexity index is 5220. The van der Waals surface area contributed by atoms with Crippen LogP contribution in [0, 0.1) is 158 Å². The molecule has 658 valence electrons. The SMILES string of the molecule is COc1ccc2ccccc2c1-c1c(OC)c([CH]=[Ru]([Cl])[Cl])cc2ccccc12.COc1ccccc1[CH]=[Ru]([Cl])[Cl].Cc1cc(C)c(N2[CH-]N(c3c(C)cc(C)cc3C)CC2)c(C)c1.Cc1cc(C)c(N2[CH-]N(c3c(C)cc(C)cc3C)CC2)c(C)c1.Cc1cc(C)c(N2[CH-]N(c3c(C)cc(C)cc3C)CC2)c(C)c1.Cc1cc(C)nc(CC[CH]=[Ru]([Cl])[Cl])c1. The molecule has 3 aliphatic rings. The topological polar surface area (TPSA) is 60.0 Å². The van der Waals surface area contributed by atoms with Crippen molar-refractivity contribution in [3.63, 3.8) is 0 Å². The fourth-order valence-corrected chi connectivity index (χ4v) is 23.2. The van der Waals surface area contributed by atoms with Gasteiger partial charge in [-0.2, -0.15) is 20.0 Å². The van der Waals surface area contributed by atoms with Gasteiger partial charge in [-0.3, -0.25) is 0 Å². The first-order valence-electron chi connectivity index (χ1n) is 41.4. The van der Waals surface area contributed by atoms with Gasteiger partial charge in [0.25, 0.3) is 0 Å². The number of hydrogen-bond donors (Lipinski definition) is 0. The van der Waals surface area contributed by atoms with Crippen LogP contribution < -0.4 is 43.6 Å². The number of aromatic nitrogens is 1. The van der Waals surface area contributed by atoms with Crippen LogP contribution in [0.1, 0.15) is 135 Å². The van der Waals surface area contributed by atoms with Gasteiger partial charge in [-0.05, 0) is 191 Å². The minimum atomic E-state index is -2.04. The molecule has 0 atom stereocenters. The van der Waals surface area contributed by atoms with Gasteiger partial charge in [0.1, 0.15) is 0 Å². The summed E-state index contributed by atoms with van der Waals surface area (Å²) in [5.41, 5.74) is 39.9. The number of aryl methyl sites for hydroxylation is 21. The summed E-state index contributed by atoms with van der Waals surface area (Å²) in [5.74, 6) is 2.37. The van der Waals surface area contributed by atoms with E-state index in [0.717, 1.165) is 125 Å². The van der Waals surface area contributed by atoms with Crippen LogP contribution in [0.3, 0.4) is 0 Å². The van der Waals surface area contributed by atoms with Crippen LogP contribution in [0.4, 0.5) is 34.1 Å². The summed E-state index contributed by atoms with van der Waals surface area (Å²) < 4.78 is 22.6. The Labute approximate surface area is 773 Å². The molecule has 3 aliphatic heterocycles. The molecule has 0 amide bonds. The summed E-state index contributed by atoms with van der Waals surface area (Å²) in [7, 11) is 40.4. The maximum absolute atomic E-state index is 6.22. The molecule has 3 fully saturated rings. The van der Waals surface area contributed by atoms with E-state index in [-0.39, 0.29) is 0 Å². The quantitative estimate of drug-likeness (QED) is 0.0733. The molecule has 0 spiro atoms. The number of rotatable bonds is 15. The Morgan fingerprint density at radius 2 is 0.626 bits per heavy atom. The fourth-order valence-electron chi connectivity index (χ4n) is 18.1. The summed E-state index contributed by atoms with van der Waals surface area (Å²) in [4.78, 5) is 18.9. The zero-order valence-corrected chi connectivity index (χ0v) is 85.3. The standard InChI is InChI=1S/C23H18O2.3C21H27N2.C10H13N.C8H8O.6ClH.3Ru/c1-15-14-17-9-5-7-11-19(17)22(23(15)25-3)21-18-10-6-4-8-16(18)12-13-20(21)24-2;3*1-14-9-16(3)20(17(4)10-14)22-7-8-23(13-22)21-18(5)11-15(2)12-19(21)6;1-4-5-10-7-8(2)6-9(3)11-10;1-7-5-3-4-6-8(7)9-2;;;;;;;;;/h1,4-14H,2-3H3;3*9-13H,7-8H2,1-6H3;1,6-7H,4-5H2,2-3H3;1,3-6H,2H3;6*1H;;;/q;3*-1;;;;;;;;;3*+2/p-6. The molecular weight excluding hydrogens is 1910 g/mol. The molecule has 19 heteroatoms. The van der Waals surface area contributed by atoms with Crippen molar-refractivity contribution in [1.82, 2.24) is 4.98 Å². The van der Waals surface area contributed by atoms with E-state index >= 15 is 0 Å². The van der Waals surface area contributed by atoms with Gasteiger partial charge in [-0.15, -0.1) is 0 Å². The Kier molecular flexibility index (Phi) is 36.0. The second-order valence-corrected chi connectivity index (χ2v) is 49.9. The number of ether oxygens (including phenoxy) is 3. The Morgan fingerprint density at radius 1 is 0.317 bits per heavy atom. The van der Waals surface area contributed by atoms with Crippen molar-refractivity contribution in [1.29, 1.82) is 0 Å². The molecule has 3 saturated heterocycles. The van der Waals surface area contributed by atoms with E-state index in [0.29, 0.717) is 0 Å². The molecule has 12 aromatic rings. The van der Waals surface area contributed by atoms with Gasteiger partial charge < -0.3 is 29.4 Å². The summed E-state index contributed by atoms with van der Waals surface area (Å²) >= 11 is -5.36. The van der Waals surface area contributed by atoms with E-state index in [9.17, 15) is 0 Å². The number of anilines is 6. The van der Waals surface area contributed by atoms with Gasteiger partial charge in [0.15, 0.2) is 0 Å². The molecule has 123 heavy (non-hydrogen) atoms. The van der Waals surface area contributed by atoms with Crippen LogP contribution in [0.15, 0.2) is 176 Å². The Morgan fingerprint density at radius 3 is 0.951 bits per heavy atom. The number of hydrogen-bond acceptors (Lipinski definition) is 10. The van der Waals surface area contributed by atoms with Gasteiger partial charge in [-0.1, -0.05) is 106 Å². The molecule has 0 N–H and O–H groups in total. The zero-order valence-electron chi connectivity index (χ0n) is 75.5. The predicted molar refractivity (Wildman–Crippen MR) is 527 cm³/mol. The number of halogens is 6. The van der Waals surface area contributed by atoms with Gasteiger partial charge >= 0.3 is 361 Å². The second-order valence-electron chi connectivity index (χ2n) is 32.5. The Balaban J connectivity index is 0.000000158. The molecule has 0 radical (unpaired) electrons. The van der Waals surface area contributed by atoms with E-state index in [1.807, 2.05) is 75.3 Å². The molecule has 4 heterocycles. The molecule has 0 unspecified atom stereocenters. The van der Waals surface area contributed by atoms with E-state index in [1.54, 1.807) is 21.3 Å². The van der Waals surface area contributed by atoms with Gasteiger partial charge in [0.05, 0.1) is 0 Å². The van der Waals surface area contributed by atoms with E-state index < -0.39 is 40.6 Å². The third kappa shape index (κ3) is 25.7. The van der Waals surface area contributed by atoms with E-state index in [4.69, 9.17) is 72.4 Å². The second kappa shape index (κ2) is 45.3. The molecule has 10 nitrogen and oxygen atoms in total. The summed E-state index contributed by atoms with van der Waals surface area (Å²) in [5, 5.41) is 4.44. The van der Waals surface area contributed by atoms with Crippen molar-refractivity contribution >= 4 is 128 Å². The maximum atomic E-state index is 6.22. The van der Waals surface area contributed by atoms with E-state index in [2.05, 4.69) is 307 Å². The van der Waals surface area contributed by atoms with Crippen molar-refractivity contribution < 1.29 is 54.8 Å². The third-order valence-electron chi connectivity index (χ3n) is 22.0. The van der Waals surface area contributed by atoms with Crippen molar-refractivity contribution in [2.75, 3.05) is 90.0 Å². The molecule has 15 rings (SSSR count). The van der Waals surface area contributed by atoms with Gasteiger partial charge in [0.2, 0.25) is 0 Å². The van der Waals surface area contributed by atoms with Gasteiger partial charge in [-0.25, -0.2) is 0 Å². The average Bonchev–Trinajstić information content (AvgIpc) is 1.47. The van der Waals surface area contributed by atoms with Crippen molar-refractivity contribution in [2.24, 2.45) is 0 Å². The van der Waals surface area contributed by atoms with Gasteiger partial charge in [0, 0.05) is 73.4 Å². The first kappa shape index (κ1) is 97.7. The van der Waals surface area contributed by atoms with Crippen LogP contribution in [-0.2, 0) is 47.0 Å². The molecule has 11 aromatic carbocycles. The van der Waals surface area contributed by atoms with Crippen LogP contribution in [0.25, 0.3) is 32.7 Å². The molecule has 0 bridgehead atoms. The van der Waals surface area contributed by atoms with Crippen LogP contribution in [0.2, 0.25) is 0 Å². The summed E-state index contributed by atoms with van der Waals surface area (Å²) in [6.45, 7) is 56.8. The molecule has 0 aliphatic carbocycles. The van der Waals surface area contributed by atoms with Crippen LogP contribution in [-0.4, -0.2) is 79.4 Å². The number of benzene rings is 11. The van der Waals surface area contributed by atoms with Crippen molar-refractivity contribution in [3.05, 3.63) is 324 Å². The number of pyridine rings is 1. The minimum absolute atomic E-state index is 0.758. The summed E-state index contributed by atoms with van der Waals surface area (Å²) in [6, 6.07) is 61.9. The molecular formula is C104H120Cl6N7O3Ru3-3. The number of methoxy groups -OCH3 is 3. The third-order valence-corrected chi connectivity index (χ3v) is 28.0. The number of fused-ring (bicyclic) bond motifs is 2. The first-order valence-corrected chi connectivity index (χ1v) is 57.8. The first-order chi connectivity index (χ1) is 58.5. The predicted octanol–water partition coefficient (Wildman–Crippen LogP) is 27.8. The normalized spacial score (nSPS) is 13.2. The Hall–Kier alpha value is -7.49. The fraction of sp³-hybridized carbons (Fsp3) is 0.298. The molecule has 1 aromatic heterocycles. The zero-order chi connectivity index (χ0) is 89.4. The van der Waals surface area contributed by atoms with Crippen LogP contribution in [0.5, 0.6) is 17.2 Å². The van der Waals surface area contributed by atoms with E-state index in [1.165, 1.54) is 140 Å². The monoisotopic (exact) mass is 2030 g/mol. The average molecular weight is 2030 g/mol. The molecule has 0 saturated carbocycles.